The second-order valence-corrected chi connectivity index (χ2v) is 6.24. The summed E-state index contributed by atoms with van der Waals surface area (Å²) < 4.78 is 19.7. The zero-order valence-corrected chi connectivity index (χ0v) is 13.2. The second kappa shape index (κ2) is 6.22. The van der Waals surface area contributed by atoms with E-state index in [-0.39, 0.29) is 5.82 Å². The first-order valence-electron chi connectivity index (χ1n) is 6.86. The molecule has 3 nitrogen and oxygen atoms in total. The Morgan fingerprint density at radius 2 is 2.25 bits per heavy atom. The van der Waals surface area contributed by atoms with Crippen LogP contribution in [0.4, 0.5) is 4.39 Å². The summed E-state index contributed by atoms with van der Waals surface area (Å²) in [5.74, 6) is 1.22. The smallest absolute Gasteiger partial charge is 0.194 e. The van der Waals surface area contributed by atoms with Gasteiger partial charge in [0.25, 0.3) is 0 Å². The predicted octanol–water partition coefficient (Wildman–Crippen LogP) is 3.77. The summed E-state index contributed by atoms with van der Waals surface area (Å²) in [6.45, 7) is 1.01. The molecule has 1 aromatic carbocycles. The summed E-state index contributed by atoms with van der Waals surface area (Å²) in [5.41, 5.74) is 0.891. The summed E-state index contributed by atoms with van der Waals surface area (Å²) in [5, 5.41) is 3.47. The van der Waals surface area contributed by atoms with Gasteiger partial charge in [-0.2, -0.15) is 0 Å². The second-order valence-electron chi connectivity index (χ2n) is 5.07. The van der Waals surface area contributed by atoms with Crippen molar-refractivity contribution in [3.63, 3.8) is 0 Å². The highest BCUT2D eigenvalue weighted by atomic mass is 127. The molecule has 106 valence electrons. The van der Waals surface area contributed by atoms with Gasteiger partial charge in [0.1, 0.15) is 5.82 Å². The molecule has 1 aliphatic carbocycles. The molecule has 5 heteroatoms. The molecule has 0 unspecified atom stereocenters. The summed E-state index contributed by atoms with van der Waals surface area (Å²) in [6, 6.07) is 5.42. The van der Waals surface area contributed by atoms with Crippen LogP contribution in [0.2, 0.25) is 0 Å². The maximum atomic E-state index is 13.1. The summed E-state index contributed by atoms with van der Waals surface area (Å²) in [4.78, 5) is 4.30. The Kier molecular flexibility index (Phi) is 4.35. The van der Waals surface area contributed by atoms with E-state index in [1.54, 1.807) is 12.3 Å². The van der Waals surface area contributed by atoms with Gasteiger partial charge in [-0.3, -0.25) is 0 Å². The van der Waals surface area contributed by atoms with E-state index in [9.17, 15) is 4.39 Å². The Labute approximate surface area is 131 Å². The third-order valence-corrected chi connectivity index (χ3v) is 4.22. The lowest BCUT2D eigenvalue weighted by molar-refractivity contribution is 0.491. The number of aryl methyl sites for hydroxylation is 1. The fourth-order valence-electron chi connectivity index (χ4n) is 2.07. The van der Waals surface area contributed by atoms with E-state index in [2.05, 4.69) is 32.9 Å². The fourth-order valence-corrected chi connectivity index (χ4v) is 2.82. The van der Waals surface area contributed by atoms with Crippen LogP contribution in [0, 0.1) is 9.39 Å². The molecule has 0 aliphatic heterocycles. The topological polar surface area (TPSA) is 38.1 Å². The SMILES string of the molecule is Fc1ccc(-c2cnc(CCCNC3CC3)o2)c(I)c1. The molecule has 20 heavy (non-hydrogen) atoms. The Bertz CT molecular complexity index is 595. The highest BCUT2D eigenvalue weighted by Crippen LogP contribution is 2.26. The van der Waals surface area contributed by atoms with Crippen LogP contribution in [0.3, 0.4) is 0 Å². The summed E-state index contributed by atoms with van der Waals surface area (Å²) in [6.07, 6.45) is 6.20. The molecule has 1 saturated carbocycles. The first-order valence-corrected chi connectivity index (χ1v) is 7.94. The van der Waals surface area contributed by atoms with Crippen LogP contribution in [0.5, 0.6) is 0 Å². The number of oxazole rings is 1. The molecule has 2 aromatic rings. The maximum Gasteiger partial charge on any atom is 0.194 e. The Hall–Kier alpha value is -0.950. The average molecular weight is 386 g/mol. The largest absolute Gasteiger partial charge is 0.441 e. The zero-order chi connectivity index (χ0) is 13.9. The Morgan fingerprint density at radius 1 is 1.40 bits per heavy atom. The van der Waals surface area contributed by atoms with Crippen molar-refractivity contribution >= 4 is 22.6 Å². The molecule has 0 atom stereocenters. The molecule has 0 radical (unpaired) electrons. The van der Waals surface area contributed by atoms with Crippen LogP contribution in [0.1, 0.15) is 25.2 Å². The van der Waals surface area contributed by atoms with Gasteiger partial charge in [-0.15, -0.1) is 0 Å². The van der Waals surface area contributed by atoms with Gasteiger partial charge in [0.2, 0.25) is 0 Å². The van der Waals surface area contributed by atoms with E-state index in [4.69, 9.17) is 4.42 Å². The third-order valence-electron chi connectivity index (χ3n) is 3.33. The van der Waals surface area contributed by atoms with Crippen molar-refractivity contribution in [1.82, 2.24) is 10.3 Å². The fraction of sp³-hybridized carbons (Fsp3) is 0.400. The normalized spacial score (nSPS) is 14.7. The van der Waals surface area contributed by atoms with Crippen molar-refractivity contribution in [2.45, 2.75) is 31.7 Å². The van der Waals surface area contributed by atoms with Crippen LogP contribution in [-0.4, -0.2) is 17.6 Å². The van der Waals surface area contributed by atoms with Crippen molar-refractivity contribution in [3.8, 4) is 11.3 Å². The predicted molar refractivity (Wildman–Crippen MR) is 84.0 cm³/mol. The van der Waals surface area contributed by atoms with Crippen LogP contribution in [0.15, 0.2) is 28.8 Å². The number of hydrogen-bond donors (Lipinski definition) is 1. The minimum Gasteiger partial charge on any atom is -0.441 e. The molecular weight excluding hydrogens is 370 g/mol. The number of benzene rings is 1. The van der Waals surface area contributed by atoms with E-state index in [1.165, 1.54) is 25.0 Å². The van der Waals surface area contributed by atoms with Gasteiger partial charge in [0.15, 0.2) is 11.7 Å². The van der Waals surface area contributed by atoms with Crippen LogP contribution >= 0.6 is 22.6 Å². The minimum absolute atomic E-state index is 0.232. The van der Waals surface area contributed by atoms with Gasteiger partial charge in [-0.05, 0) is 66.6 Å². The van der Waals surface area contributed by atoms with Crippen molar-refractivity contribution < 1.29 is 8.81 Å². The standard InChI is InChI=1S/C15H16FIN2O/c16-10-3-6-12(13(17)8-10)14-9-19-15(20-14)2-1-7-18-11-4-5-11/h3,6,8-9,11,18H,1-2,4-5,7H2. The molecule has 0 spiro atoms. The highest BCUT2D eigenvalue weighted by Gasteiger charge is 2.19. The summed E-state index contributed by atoms with van der Waals surface area (Å²) >= 11 is 2.11. The molecule has 1 N–H and O–H groups in total. The number of aromatic nitrogens is 1. The average Bonchev–Trinajstić information content (AvgIpc) is 3.13. The monoisotopic (exact) mass is 386 g/mol. The zero-order valence-electron chi connectivity index (χ0n) is 11.0. The molecule has 3 rings (SSSR count). The molecule has 1 aliphatic rings. The van der Waals surface area contributed by atoms with Crippen molar-refractivity contribution in [1.29, 1.82) is 0 Å². The highest BCUT2D eigenvalue weighted by molar-refractivity contribution is 14.1. The lowest BCUT2D eigenvalue weighted by atomic mass is 10.2. The van der Waals surface area contributed by atoms with Crippen LogP contribution < -0.4 is 5.32 Å². The van der Waals surface area contributed by atoms with E-state index < -0.39 is 0 Å². The lowest BCUT2D eigenvalue weighted by Crippen LogP contribution is -2.17. The van der Waals surface area contributed by atoms with Crippen molar-refractivity contribution in [2.75, 3.05) is 6.54 Å². The Balaban J connectivity index is 1.60. The number of nitrogens with zero attached hydrogens (tertiary/aromatic N) is 1. The number of nitrogens with one attached hydrogen (secondary N) is 1. The van der Waals surface area contributed by atoms with E-state index in [1.807, 2.05) is 0 Å². The molecule has 0 bridgehead atoms. The van der Waals surface area contributed by atoms with E-state index in [0.29, 0.717) is 5.76 Å². The van der Waals surface area contributed by atoms with Gasteiger partial charge in [0.05, 0.1) is 6.20 Å². The number of halogens is 2. The number of rotatable bonds is 6. The van der Waals surface area contributed by atoms with Crippen LogP contribution in [-0.2, 0) is 6.42 Å². The maximum absolute atomic E-state index is 13.1. The number of hydrogen-bond acceptors (Lipinski definition) is 3. The Morgan fingerprint density at radius 3 is 3.00 bits per heavy atom. The summed E-state index contributed by atoms with van der Waals surface area (Å²) in [7, 11) is 0. The first-order chi connectivity index (χ1) is 9.72. The van der Waals surface area contributed by atoms with E-state index in [0.717, 1.165) is 40.5 Å². The van der Waals surface area contributed by atoms with Gasteiger partial charge in [-0.1, -0.05) is 0 Å². The van der Waals surface area contributed by atoms with Crippen LogP contribution in [0.25, 0.3) is 11.3 Å². The molecular formula is C15H16FIN2O. The molecule has 0 saturated heterocycles. The van der Waals surface area contributed by atoms with E-state index >= 15 is 0 Å². The van der Waals surface area contributed by atoms with Gasteiger partial charge in [0, 0.05) is 21.6 Å². The molecule has 0 amide bonds. The van der Waals surface area contributed by atoms with Crippen molar-refractivity contribution in [2.24, 2.45) is 0 Å². The first kappa shape index (κ1) is 14.0. The molecule has 1 fully saturated rings. The quantitative estimate of drug-likeness (QED) is 0.607. The van der Waals surface area contributed by atoms with Gasteiger partial charge in [-0.25, -0.2) is 9.37 Å². The van der Waals surface area contributed by atoms with Gasteiger partial charge < -0.3 is 9.73 Å². The van der Waals surface area contributed by atoms with Gasteiger partial charge >= 0.3 is 0 Å². The minimum atomic E-state index is -0.232. The van der Waals surface area contributed by atoms with Crippen molar-refractivity contribution in [3.05, 3.63) is 39.7 Å². The molecule has 1 heterocycles. The molecule has 1 aromatic heterocycles. The lowest BCUT2D eigenvalue weighted by Gasteiger charge is -2.01. The third kappa shape index (κ3) is 3.58.